The molecule has 166 valence electrons. The Balaban J connectivity index is 1.32. The predicted octanol–water partition coefficient (Wildman–Crippen LogP) is 4.48. The van der Waals surface area contributed by atoms with E-state index in [2.05, 4.69) is 41.7 Å². The molecule has 5 heterocycles. The summed E-state index contributed by atoms with van der Waals surface area (Å²) in [6, 6.07) is 18.0. The van der Waals surface area contributed by atoms with Crippen LogP contribution < -0.4 is 5.32 Å². The van der Waals surface area contributed by atoms with Crippen LogP contribution in [-0.4, -0.2) is 47.7 Å². The van der Waals surface area contributed by atoms with Gasteiger partial charge in [-0.15, -0.1) is 22.7 Å². The number of hydrogen-bond donors (Lipinski definition) is 2. The molecule has 2 aromatic heterocycles. The molecule has 2 bridgehead atoms. The highest BCUT2D eigenvalue weighted by atomic mass is 32.1. The summed E-state index contributed by atoms with van der Waals surface area (Å²) < 4.78 is 1.02. The van der Waals surface area contributed by atoms with E-state index in [1.807, 2.05) is 41.1 Å². The van der Waals surface area contributed by atoms with E-state index in [0.29, 0.717) is 15.7 Å². The molecule has 0 saturated carbocycles. The van der Waals surface area contributed by atoms with Gasteiger partial charge in [-0.2, -0.15) is 0 Å². The van der Waals surface area contributed by atoms with Gasteiger partial charge in [-0.05, 0) is 40.5 Å². The number of hydrogen-bond acceptors (Lipinski definition) is 4. The normalized spacial score (nSPS) is 25.3. The van der Waals surface area contributed by atoms with Gasteiger partial charge in [0.2, 0.25) is 5.60 Å². The quantitative estimate of drug-likeness (QED) is 0.506. The Morgan fingerprint density at radius 3 is 2.28 bits per heavy atom. The number of amides is 1. The van der Waals surface area contributed by atoms with Crippen LogP contribution in [0, 0.1) is 5.92 Å². The maximum atomic E-state index is 13.5. The molecule has 1 amide bonds. The third-order valence-corrected chi connectivity index (χ3v) is 9.06. The smallest absolute Gasteiger partial charge is 0.263 e. The second-order valence-electron chi connectivity index (χ2n) is 9.05. The lowest BCUT2D eigenvalue weighted by atomic mass is 9.81. The van der Waals surface area contributed by atoms with Gasteiger partial charge >= 0.3 is 0 Å². The van der Waals surface area contributed by atoms with Gasteiger partial charge in [0.15, 0.2) is 0 Å². The molecule has 32 heavy (non-hydrogen) atoms. The van der Waals surface area contributed by atoms with E-state index in [1.54, 1.807) is 0 Å². The Labute approximate surface area is 197 Å². The lowest BCUT2D eigenvalue weighted by molar-refractivity contribution is -0.938. The number of aliphatic hydroxyl groups is 1. The minimum atomic E-state index is -1.62. The summed E-state index contributed by atoms with van der Waals surface area (Å²) in [4.78, 5) is 14.9. The fourth-order valence-corrected chi connectivity index (χ4v) is 7.00. The minimum absolute atomic E-state index is 0.0987. The first-order valence-corrected chi connectivity index (χ1v) is 13.0. The van der Waals surface area contributed by atoms with Crippen LogP contribution >= 0.6 is 22.7 Å². The van der Waals surface area contributed by atoms with Gasteiger partial charge in [-0.1, -0.05) is 48.5 Å². The summed E-state index contributed by atoms with van der Waals surface area (Å²) in [7, 11) is 0. The number of fused-ring (bicyclic) bond motifs is 3. The lowest BCUT2D eigenvalue weighted by Crippen LogP contribution is -2.68. The Morgan fingerprint density at radius 1 is 1.03 bits per heavy atom. The van der Waals surface area contributed by atoms with Crippen molar-refractivity contribution in [3.8, 4) is 0 Å². The highest BCUT2D eigenvalue weighted by Crippen LogP contribution is 2.38. The second kappa shape index (κ2) is 8.94. The van der Waals surface area contributed by atoms with Crippen LogP contribution in [0.2, 0.25) is 0 Å². The van der Waals surface area contributed by atoms with Crippen molar-refractivity contribution in [3.63, 3.8) is 0 Å². The summed E-state index contributed by atoms with van der Waals surface area (Å²) in [5, 5.41) is 18.7. The molecular weight excluding hydrogens is 436 g/mol. The molecule has 1 aromatic carbocycles. The average molecular weight is 466 g/mol. The maximum Gasteiger partial charge on any atom is 0.263 e. The molecule has 3 fully saturated rings. The SMILES string of the molecule is O=C(N[C@H]1C[N+]2(C/C=C\c3ccccc3)CCC1CC2)C(O)(c1cccs1)c1cccs1. The van der Waals surface area contributed by atoms with Crippen LogP contribution in [0.1, 0.15) is 28.2 Å². The fourth-order valence-electron chi connectivity index (χ4n) is 5.27. The predicted molar refractivity (Wildman–Crippen MR) is 131 cm³/mol. The van der Waals surface area contributed by atoms with Crippen molar-refractivity contribution in [1.82, 2.24) is 5.32 Å². The van der Waals surface area contributed by atoms with Crippen LogP contribution in [0.15, 0.2) is 71.4 Å². The van der Waals surface area contributed by atoms with Crippen LogP contribution in [-0.2, 0) is 10.4 Å². The van der Waals surface area contributed by atoms with E-state index >= 15 is 0 Å². The molecule has 1 atom stereocenters. The van der Waals surface area contributed by atoms with Crippen LogP contribution in [0.3, 0.4) is 0 Å². The number of carbonyl (C=O) groups is 1. The summed E-state index contributed by atoms with van der Waals surface area (Å²) in [6.45, 7) is 4.24. The zero-order valence-corrected chi connectivity index (χ0v) is 19.7. The zero-order valence-electron chi connectivity index (χ0n) is 18.0. The van der Waals surface area contributed by atoms with Gasteiger partial charge in [0.1, 0.15) is 0 Å². The number of thiophene rings is 2. The third kappa shape index (κ3) is 4.08. The highest BCUT2D eigenvalue weighted by Gasteiger charge is 2.49. The van der Waals surface area contributed by atoms with Gasteiger partial charge in [0.25, 0.3) is 5.91 Å². The lowest BCUT2D eigenvalue weighted by Gasteiger charge is -2.52. The molecule has 0 radical (unpaired) electrons. The number of nitrogens with one attached hydrogen (secondary N) is 1. The van der Waals surface area contributed by atoms with Crippen molar-refractivity contribution in [1.29, 1.82) is 0 Å². The Hall–Kier alpha value is -2.25. The number of nitrogens with zero attached hydrogens (tertiary/aromatic N) is 1. The van der Waals surface area contributed by atoms with Gasteiger partial charge in [0, 0.05) is 12.8 Å². The summed E-state index contributed by atoms with van der Waals surface area (Å²) in [5.74, 6) is 0.201. The van der Waals surface area contributed by atoms with E-state index in [-0.39, 0.29) is 11.9 Å². The Bertz CT molecular complexity index is 1020. The van der Waals surface area contributed by atoms with E-state index in [0.717, 1.165) is 43.5 Å². The van der Waals surface area contributed by atoms with E-state index in [4.69, 9.17) is 0 Å². The summed E-state index contributed by atoms with van der Waals surface area (Å²) in [5.41, 5.74) is -0.397. The van der Waals surface area contributed by atoms with Crippen molar-refractivity contribution in [3.05, 3.63) is 86.8 Å². The zero-order chi connectivity index (χ0) is 22.0. The first kappa shape index (κ1) is 21.6. The van der Waals surface area contributed by atoms with Crippen LogP contribution in [0.5, 0.6) is 0 Å². The molecule has 3 aromatic rings. The monoisotopic (exact) mass is 465 g/mol. The van der Waals surface area contributed by atoms with E-state index in [1.165, 1.54) is 28.2 Å². The number of carbonyl (C=O) groups excluding carboxylic acids is 1. The minimum Gasteiger partial charge on any atom is -0.371 e. The Morgan fingerprint density at radius 2 is 1.69 bits per heavy atom. The first-order valence-electron chi connectivity index (χ1n) is 11.3. The number of quaternary nitrogens is 1. The Kier molecular flexibility index (Phi) is 6.03. The largest absolute Gasteiger partial charge is 0.371 e. The van der Waals surface area contributed by atoms with Crippen LogP contribution in [0.4, 0.5) is 0 Å². The van der Waals surface area contributed by atoms with Crippen molar-refractivity contribution < 1.29 is 14.4 Å². The van der Waals surface area contributed by atoms with Gasteiger partial charge in [-0.25, -0.2) is 0 Å². The molecule has 6 heteroatoms. The van der Waals surface area contributed by atoms with E-state index < -0.39 is 5.60 Å². The molecule has 3 saturated heterocycles. The van der Waals surface area contributed by atoms with E-state index in [9.17, 15) is 9.90 Å². The van der Waals surface area contributed by atoms with Gasteiger partial charge in [0.05, 0.1) is 42.0 Å². The second-order valence-corrected chi connectivity index (χ2v) is 10.9. The molecule has 4 nitrogen and oxygen atoms in total. The van der Waals surface area contributed by atoms with Crippen molar-refractivity contribution in [2.75, 3.05) is 26.2 Å². The van der Waals surface area contributed by atoms with Gasteiger partial charge in [-0.3, -0.25) is 4.79 Å². The summed E-state index contributed by atoms with van der Waals surface area (Å²) in [6.07, 6.45) is 6.74. The van der Waals surface area contributed by atoms with Crippen LogP contribution in [0.25, 0.3) is 6.08 Å². The molecule has 6 rings (SSSR count). The van der Waals surface area contributed by atoms with Gasteiger partial charge < -0.3 is 14.9 Å². The number of piperidine rings is 3. The van der Waals surface area contributed by atoms with Crippen molar-refractivity contribution in [2.45, 2.75) is 24.5 Å². The molecule has 0 spiro atoms. The third-order valence-electron chi connectivity index (χ3n) is 7.10. The number of benzene rings is 1. The fraction of sp³-hybridized carbons (Fsp3) is 0.346. The van der Waals surface area contributed by atoms with Crippen molar-refractivity contribution in [2.24, 2.45) is 5.92 Å². The summed E-state index contributed by atoms with van der Waals surface area (Å²) >= 11 is 2.85. The number of rotatable bonds is 7. The molecule has 3 aliphatic rings. The molecule has 0 aliphatic carbocycles. The molecule has 3 aliphatic heterocycles. The molecular formula is C26H29N2O2S2+. The average Bonchev–Trinajstić information content (AvgIpc) is 3.55. The first-order chi connectivity index (χ1) is 15.6. The standard InChI is InChI=1S/C26H28N2O2S2/c29-25(26(30,23-10-5-17-31-23)24-11-6-18-32-24)27-22-19-28(15-12-21(22)13-16-28)14-4-9-20-7-2-1-3-8-20/h1-11,17-18,21-22,30H,12-16,19H2/p+1/b9-4-/t21?,22-,28?/m0/s1. The maximum absolute atomic E-state index is 13.5. The highest BCUT2D eigenvalue weighted by molar-refractivity contribution is 7.12. The molecule has 0 unspecified atom stereocenters. The molecule has 2 N–H and O–H groups in total. The topological polar surface area (TPSA) is 49.3 Å². The van der Waals surface area contributed by atoms with Crippen molar-refractivity contribution >= 4 is 34.7 Å².